The van der Waals surface area contributed by atoms with Gasteiger partial charge >= 0.3 is 11.6 Å². The van der Waals surface area contributed by atoms with E-state index in [0.29, 0.717) is 10.9 Å². The number of fused-ring (bicyclic) bond motifs is 1. The number of rotatable bonds is 3. The third-order valence-corrected chi connectivity index (χ3v) is 4.06. The predicted octanol–water partition coefficient (Wildman–Crippen LogP) is 4.18. The number of carbonyl (C=O) groups is 2. The molecule has 0 bridgehead atoms. The molecule has 0 aliphatic heterocycles. The summed E-state index contributed by atoms with van der Waals surface area (Å²) in [4.78, 5) is 36.2. The molecule has 0 saturated heterocycles. The molecule has 25 heavy (non-hydrogen) atoms. The number of hydrogen-bond donors (Lipinski definition) is 0. The zero-order valence-electron chi connectivity index (χ0n) is 13.5. The van der Waals surface area contributed by atoms with E-state index in [0.717, 1.165) is 0 Å². The predicted molar refractivity (Wildman–Crippen MR) is 93.6 cm³/mol. The van der Waals surface area contributed by atoms with Crippen LogP contribution in [0.5, 0.6) is 5.75 Å². The molecule has 0 unspecified atom stereocenters. The molecule has 0 fully saturated rings. The average Bonchev–Trinajstić information content (AvgIpc) is 2.54. The van der Waals surface area contributed by atoms with Crippen molar-refractivity contribution in [1.82, 2.24) is 0 Å². The molecule has 0 aliphatic rings. The summed E-state index contributed by atoms with van der Waals surface area (Å²) in [5.41, 5.74) is 0.393. The highest BCUT2D eigenvalue weighted by molar-refractivity contribution is 6.33. The Morgan fingerprint density at radius 1 is 1.12 bits per heavy atom. The minimum absolute atomic E-state index is 0.0127. The van der Waals surface area contributed by atoms with Crippen molar-refractivity contribution in [3.63, 3.8) is 0 Å². The number of ether oxygens (including phenoxy) is 1. The molecule has 0 spiro atoms. The number of aryl methyl sites for hydroxylation is 1. The van der Waals surface area contributed by atoms with Gasteiger partial charge in [-0.1, -0.05) is 23.7 Å². The van der Waals surface area contributed by atoms with Crippen molar-refractivity contribution in [3.8, 4) is 5.75 Å². The van der Waals surface area contributed by atoms with E-state index in [-0.39, 0.29) is 33.3 Å². The Morgan fingerprint density at radius 2 is 1.84 bits per heavy atom. The standard InChI is InChI=1S/C19H13ClO5/c1-10-9-16(22)25-18-12(10)7-8-15(17(18)11(2)21)24-19(23)13-5-3-4-6-14(13)20/h3-9H,1-2H3. The largest absolute Gasteiger partial charge is 0.422 e. The number of ketones is 1. The summed E-state index contributed by atoms with van der Waals surface area (Å²) >= 11 is 6.00. The molecule has 3 aromatic rings. The summed E-state index contributed by atoms with van der Waals surface area (Å²) in [6, 6.07) is 10.9. The SMILES string of the molecule is CC(=O)c1c(OC(=O)c2ccccc2Cl)ccc2c(C)cc(=O)oc12. The van der Waals surface area contributed by atoms with Gasteiger partial charge in [-0.3, -0.25) is 4.79 Å². The fourth-order valence-corrected chi connectivity index (χ4v) is 2.78. The second-order valence-corrected chi connectivity index (χ2v) is 5.90. The summed E-state index contributed by atoms with van der Waals surface area (Å²) in [5.74, 6) is -1.08. The fraction of sp³-hybridized carbons (Fsp3) is 0.105. The fourth-order valence-electron chi connectivity index (χ4n) is 2.57. The highest BCUT2D eigenvalue weighted by Gasteiger charge is 2.21. The third kappa shape index (κ3) is 3.19. The minimum atomic E-state index is -0.706. The van der Waals surface area contributed by atoms with Gasteiger partial charge in [0.1, 0.15) is 11.3 Å². The highest BCUT2D eigenvalue weighted by atomic mass is 35.5. The van der Waals surface area contributed by atoms with Crippen LogP contribution in [0.25, 0.3) is 11.0 Å². The van der Waals surface area contributed by atoms with Gasteiger partial charge in [0.05, 0.1) is 10.6 Å². The van der Waals surface area contributed by atoms with E-state index in [1.807, 2.05) is 0 Å². The Balaban J connectivity index is 2.15. The summed E-state index contributed by atoms with van der Waals surface area (Å²) in [6.07, 6.45) is 0. The van der Waals surface area contributed by atoms with E-state index >= 15 is 0 Å². The van der Waals surface area contributed by atoms with Crippen molar-refractivity contribution < 1.29 is 18.7 Å². The number of esters is 1. The van der Waals surface area contributed by atoms with E-state index in [1.54, 1.807) is 31.2 Å². The van der Waals surface area contributed by atoms with E-state index in [4.69, 9.17) is 20.8 Å². The lowest BCUT2D eigenvalue weighted by Crippen LogP contribution is -2.12. The molecule has 0 saturated carbocycles. The van der Waals surface area contributed by atoms with Crippen LogP contribution in [0, 0.1) is 6.92 Å². The van der Waals surface area contributed by atoms with Gasteiger partial charge in [0.15, 0.2) is 11.4 Å². The quantitative estimate of drug-likeness (QED) is 0.304. The van der Waals surface area contributed by atoms with Crippen LogP contribution in [-0.4, -0.2) is 11.8 Å². The first-order valence-electron chi connectivity index (χ1n) is 7.43. The maximum Gasteiger partial charge on any atom is 0.345 e. The van der Waals surface area contributed by atoms with Gasteiger partial charge in [-0.25, -0.2) is 9.59 Å². The van der Waals surface area contributed by atoms with Crippen molar-refractivity contribution in [1.29, 1.82) is 0 Å². The molecule has 3 rings (SSSR count). The Kier molecular flexibility index (Phi) is 4.42. The number of halogens is 1. The second kappa shape index (κ2) is 6.53. The van der Waals surface area contributed by atoms with E-state index in [2.05, 4.69) is 0 Å². The molecular weight excluding hydrogens is 344 g/mol. The molecule has 0 N–H and O–H groups in total. The molecule has 6 heteroatoms. The minimum Gasteiger partial charge on any atom is -0.422 e. The number of hydrogen-bond acceptors (Lipinski definition) is 5. The smallest absolute Gasteiger partial charge is 0.345 e. The molecule has 0 amide bonds. The van der Waals surface area contributed by atoms with Crippen LogP contribution in [0.4, 0.5) is 0 Å². The lowest BCUT2D eigenvalue weighted by atomic mass is 10.0. The van der Waals surface area contributed by atoms with Crippen LogP contribution in [0.15, 0.2) is 51.7 Å². The van der Waals surface area contributed by atoms with Gasteiger partial charge in [-0.15, -0.1) is 0 Å². The van der Waals surface area contributed by atoms with Crippen molar-refractivity contribution in [2.75, 3.05) is 0 Å². The van der Waals surface area contributed by atoms with Gasteiger partial charge in [0.25, 0.3) is 0 Å². The van der Waals surface area contributed by atoms with Crippen LogP contribution < -0.4 is 10.4 Å². The molecule has 126 valence electrons. The normalized spacial score (nSPS) is 10.7. The average molecular weight is 357 g/mol. The first-order chi connectivity index (χ1) is 11.9. The molecule has 5 nitrogen and oxygen atoms in total. The Hall–Kier alpha value is -2.92. The highest BCUT2D eigenvalue weighted by Crippen LogP contribution is 2.30. The van der Waals surface area contributed by atoms with Crippen molar-refractivity contribution in [3.05, 3.63) is 74.6 Å². The monoisotopic (exact) mass is 356 g/mol. The van der Waals surface area contributed by atoms with Crippen molar-refractivity contribution in [2.45, 2.75) is 13.8 Å². The van der Waals surface area contributed by atoms with Crippen LogP contribution in [0.1, 0.15) is 33.2 Å². The molecule has 0 atom stereocenters. The van der Waals surface area contributed by atoms with Gasteiger partial charge in [-0.2, -0.15) is 0 Å². The molecule has 0 aliphatic carbocycles. The topological polar surface area (TPSA) is 73.6 Å². The van der Waals surface area contributed by atoms with E-state index in [9.17, 15) is 14.4 Å². The molecule has 1 aromatic heterocycles. The number of benzene rings is 2. The van der Waals surface area contributed by atoms with Gasteiger partial charge < -0.3 is 9.15 Å². The Morgan fingerprint density at radius 3 is 2.52 bits per heavy atom. The zero-order chi connectivity index (χ0) is 18.1. The Labute approximate surface area is 147 Å². The van der Waals surface area contributed by atoms with Crippen LogP contribution in [-0.2, 0) is 0 Å². The maximum absolute atomic E-state index is 12.4. The van der Waals surface area contributed by atoms with Crippen LogP contribution >= 0.6 is 11.6 Å². The summed E-state index contributed by atoms with van der Waals surface area (Å²) in [7, 11) is 0. The van der Waals surface area contributed by atoms with Gasteiger partial charge in [0, 0.05) is 11.5 Å². The third-order valence-electron chi connectivity index (χ3n) is 3.73. The summed E-state index contributed by atoms with van der Waals surface area (Å²) in [6.45, 7) is 3.04. The first-order valence-corrected chi connectivity index (χ1v) is 7.81. The Bertz CT molecular complexity index is 1070. The molecular formula is C19H13ClO5. The van der Waals surface area contributed by atoms with Gasteiger partial charge in [-0.05, 0) is 43.7 Å². The maximum atomic E-state index is 12.4. The molecule has 2 aromatic carbocycles. The number of Topliss-reactive ketones (excluding diaryl/α,β-unsaturated/α-hetero) is 1. The van der Waals surface area contributed by atoms with Crippen LogP contribution in [0.2, 0.25) is 5.02 Å². The second-order valence-electron chi connectivity index (χ2n) is 5.49. The summed E-state index contributed by atoms with van der Waals surface area (Å²) < 4.78 is 10.5. The van der Waals surface area contributed by atoms with Crippen molar-refractivity contribution in [2.24, 2.45) is 0 Å². The van der Waals surface area contributed by atoms with Gasteiger partial charge in [0.2, 0.25) is 0 Å². The van der Waals surface area contributed by atoms with Crippen LogP contribution in [0.3, 0.4) is 0 Å². The zero-order valence-corrected chi connectivity index (χ0v) is 14.2. The lowest BCUT2D eigenvalue weighted by molar-refractivity contribution is 0.0733. The van der Waals surface area contributed by atoms with E-state index < -0.39 is 11.6 Å². The van der Waals surface area contributed by atoms with Crippen molar-refractivity contribution >= 4 is 34.3 Å². The molecule has 0 radical (unpaired) electrons. The molecule has 1 heterocycles. The first kappa shape index (κ1) is 16.9. The van der Waals surface area contributed by atoms with E-state index in [1.165, 1.54) is 25.1 Å². The lowest BCUT2D eigenvalue weighted by Gasteiger charge is -2.11. The summed E-state index contributed by atoms with van der Waals surface area (Å²) in [5, 5.41) is 0.836. The number of carbonyl (C=O) groups excluding carboxylic acids is 2.